The van der Waals surface area contributed by atoms with Gasteiger partial charge in [0, 0.05) is 6.04 Å². The molecular formula is C15H25N. The Bertz CT molecular complexity index is 268. The Balaban J connectivity index is 2.38. The van der Waals surface area contributed by atoms with Crippen LogP contribution in [0.2, 0.25) is 0 Å². The van der Waals surface area contributed by atoms with E-state index in [9.17, 15) is 0 Å². The van der Waals surface area contributed by atoms with Crippen LogP contribution in [-0.2, 0) is 0 Å². The van der Waals surface area contributed by atoms with Gasteiger partial charge in [0.05, 0.1) is 0 Å². The fraction of sp³-hybridized carbons (Fsp3) is 0.600. The van der Waals surface area contributed by atoms with Crippen molar-refractivity contribution in [2.45, 2.75) is 45.6 Å². The summed E-state index contributed by atoms with van der Waals surface area (Å²) in [5.41, 5.74) is 1.41. The van der Waals surface area contributed by atoms with Gasteiger partial charge in [0.25, 0.3) is 0 Å². The standard InChI is InChI=1S/C15H25N/c1-4-13(2)9-8-12-15(16-3)14-10-6-5-7-11-14/h5-7,10-11,13,15-16H,4,8-9,12H2,1-3H3. The molecule has 1 heteroatoms. The average Bonchev–Trinajstić information content (AvgIpc) is 2.35. The van der Waals surface area contributed by atoms with E-state index in [1.165, 1.54) is 31.2 Å². The van der Waals surface area contributed by atoms with Crippen LogP contribution < -0.4 is 5.32 Å². The molecule has 0 aliphatic carbocycles. The zero-order valence-corrected chi connectivity index (χ0v) is 10.9. The van der Waals surface area contributed by atoms with Gasteiger partial charge in [-0.3, -0.25) is 0 Å². The molecule has 0 amide bonds. The van der Waals surface area contributed by atoms with E-state index in [-0.39, 0.29) is 0 Å². The maximum atomic E-state index is 3.41. The first-order chi connectivity index (χ1) is 7.77. The maximum Gasteiger partial charge on any atom is 0.0317 e. The van der Waals surface area contributed by atoms with Gasteiger partial charge in [-0.25, -0.2) is 0 Å². The van der Waals surface area contributed by atoms with Crippen LogP contribution in [0.25, 0.3) is 0 Å². The van der Waals surface area contributed by atoms with Gasteiger partial charge < -0.3 is 5.32 Å². The molecule has 2 unspecified atom stereocenters. The molecule has 0 aliphatic rings. The van der Waals surface area contributed by atoms with Crippen LogP contribution in [0, 0.1) is 5.92 Å². The summed E-state index contributed by atoms with van der Waals surface area (Å²) in [6, 6.07) is 11.3. The van der Waals surface area contributed by atoms with E-state index in [1.54, 1.807) is 0 Å². The first kappa shape index (κ1) is 13.2. The van der Waals surface area contributed by atoms with E-state index < -0.39 is 0 Å². The Morgan fingerprint density at radius 3 is 2.38 bits per heavy atom. The minimum absolute atomic E-state index is 0.519. The van der Waals surface area contributed by atoms with E-state index in [2.05, 4.69) is 56.5 Å². The summed E-state index contributed by atoms with van der Waals surface area (Å²) in [7, 11) is 2.06. The summed E-state index contributed by atoms with van der Waals surface area (Å²) < 4.78 is 0. The van der Waals surface area contributed by atoms with Crippen molar-refractivity contribution in [2.24, 2.45) is 5.92 Å². The SMILES string of the molecule is CCC(C)CCCC(NC)c1ccccc1. The van der Waals surface area contributed by atoms with Gasteiger partial charge in [-0.05, 0) is 24.9 Å². The number of rotatable bonds is 7. The Labute approximate surface area is 100 Å². The van der Waals surface area contributed by atoms with Gasteiger partial charge >= 0.3 is 0 Å². The molecule has 90 valence electrons. The molecule has 1 nitrogen and oxygen atoms in total. The third kappa shape index (κ3) is 4.36. The molecule has 1 aromatic rings. The second-order valence-electron chi connectivity index (χ2n) is 4.70. The van der Waals surface area contributed by atoms with E-state index in [0.717, 1.165) is 5.92 Å². The lowest BCUT2D eigenvalue weighted by Gasteiger charge is -2.17. The van der Waals surface area contributed by atoms with Gasteiger partial charge in [-0.2, -0.15) is 0 Å². The Morgan fingerprint density at radius 1 is 1.12 bits per heavy atom. The predicted molar refractivity (Wildman–Crippen MR) is 71.5 cm³/mol. The molecule has 1 aromatic carbocycles. The minimum Gasteiger partial charge on any atom is -0.313 e. The molecule has 0 aromatic heterocycles. The van der Waals surface area contributed by atoms with Gasteiger partial charge in [0.15, 0.2) is 0 Å². The van der Waals surface area contributed by atoms with Gasteiger partial charge in [-0.15, -0.1) is 0 Å². The van der Waals surface area contributed by atoms with Crippen LogP contribution in [0.15, 0.2) is 30.3 Å². The normalized spacial score (nSPS) is 14.7. The largest absolute Gasteiger partial charge is 0.313 e. The van der Waals surface area contributed by atoms with Crippen molar-refractivity contribution in [3.05, 3.63) is 35.9 Å². The lowest BCUT2D eigenvalue weighted by atomic mass is 9.96. The molecule has 0 heterocycles. The van der Waals surface area contributed by atoms with Crippen molar-refractivity contribution in [2.75, 3.05) is 7.05 Å². The van der Waals surface area contributed by atoms with Crippen molar-refractivity contribution in [3.8, 4) is 0 Å². The van der Waals surface area contributed by atoms with E-state index in [4.69, 9.17) is 0 Å². The summed E-state index contributed by atoms with van der Waals surface area (Å²) in [4.78, 5) is 0. The highest BCUT2D eigenvalue weighted by Gasteiger charge is 2.08. The number of nitrogens with one attached hydrogen (secondary N) is 1. The molecule has 1 rings (SSSR count). The summed E-state index contributed by atoms with van der Waals surface area (Å²) in [5.74, 6) is 0.869. The lowest BCUT2D eigenvalue weighted by Crippen LogP contribution is -2.16. The molecule has 0 radical (unpaired) electrons. The molecule has 0 spiro atoms. The smallest absolute Gasteiger partial charge is 0.0317 e. The van der Waals surface area contributed by atoms with E-state index >= 15 is 0 Å². The fourth-order valence-electron chi connectivity index (χ4n) is 2.04. The topological polar surface area (TPSA) is 12.0 Å². The molecule has 0 saturated heterocycles. The van der Waals surface area contributed by atoms with Gasteiger partial charge in [0.1, 0.15) is 0 Å². The molecule has 1 N–H and O–H groups in total. The Hall–Kier alpha value is -0.820. The molecule has 16 heavy (non-hydrogen) atoms. The summed E-state index contributed by atoms with van der Waals surface area (Å²) in [5, 5.41) is 3.41. The quantitative estimate of drug-likeness (QED) is 0.726. The van der Waals surface area contributed by atoms with Crippen molar-refractivity contribution >= 4 is 0 Å². The number of hydrogen-bond donors (Lipinski definition) is 1. The van der Waals surface area contributed by atoms with Gasteiger partial charge in [-0.1, -0.05) is 63.4 Å². The van der Waals surface area contributed by atoms with Crippen LogP contribution in [0.5, 0.6) is 0 Å². The highest BCUT2D eigenvalue weighted by atomic mass is 14.9. The second kappa shape index (κ2) is 7.45. The Morgan fingerprint density at radius 2 is 1.81 bits per heavy atom. The van der Waals surface area contributed by atoms with Crippen molar-refractivity contribution in [3.63, 3.8) is 0 Å². The summed E-state index contributed by atoms with van der Waals surface area (Å²) in [6.07, 6.45) is 5.21. The summed E-state index contributed by atoms with van der Waals surface area (Å²) in [6.45, 7) is 4.62. The highest BCUT2D eigenvalue weighted by molar-refractivity contribution is 5.18. The van der Waals surface area contributed by atoms with Crippen LogP contribution in [0.4, 0.5) is 0 Å². The molecule has 2 atom stereocenters. The maximum absolute atomic E-state index is 3.41. The molecule has 0 bridgehead atoms. The lowest BCUT2D eigenvalue weighted by molar-refractivity contribution is 0.444. The number of hydrogen-bond acceptors (Lipinski definition) is 1. The third-order valence-electron chi connectivity index (χ3n) is 3.44. The van der Waals surface area contributed by atoms with Crippen LogP contribution in [0.1, 0.15) is 51.1 Å². The molecule has 0 aliphatic heterocycles. The van der Waals surface area contributed by atoms with Gasteiger partial charge in [0.2, 0.25) is 0 Å². The first-order valence-electron chi connectivity index (χ1n) is 6.50. The van der Waals surface area contributed by atoms with E-state index in [1.807, 2.05) is 0 Å². The highest BCUT2D eigenvalue weighted by Crippen LogP contribution is 2.21. The predicted octanol–water partition coefficient (Wildman–Crippen LogP) is 4.16. The second-order valence-corrected chi connectivity index (χ2v) is 4.70. The molecular weight excluding hydrogens is 194 g/mol. The fourth-order valence-corrected chi connectivity index (χ4v) is 2.04. The zero-order chi connectivity index (χ0) is 11.8. The van der Waals surface area contributed by atoms with E-state index in [0.29, 0.717) is 6.04 Å². The molecule has 0 saturated carbocycles. The third-order valence-corrected chi connectivity index (χ3v) is 3.44. The monoisotopic (exact) mass is 219 g/mol. The summed E-state index contributed by atoms with van der Waals surface area (Å²) >= 11 is 0. The van der Waals surface area contributed by atoms with Crippen molar-refractivity contribution < 1.29 is 0 Å². The van der Waals surface area contributed by atoms with Crippen LogP contribution >= 0.6 is 0 Å². The molecule has 0 fully saturated rings. The van der Waals surface area contributed by atoms with Crippen molar-refractivity contribution in [1.82, 2.24) is 5.32 Å². The number of benzene rings is 1. The minimum atomic E-state index is 0.519. The van der Waals surface area contributed by atoms with Crippen LogP contribution in [0.3, 0.4) is 0 Å². The average molecular weight is 219 g/mol. The van der Waals surface area contributed by atoms with Crippen molar-refractivity contribution in [1.29, 1.82) is 0 Å². The van der Waals surface area contributed by atoms with Crippen LogP contribution in [-0.4, -0.2) is 7.05 Å². The zero-order valence-electron chi connectivity index (χ0n) is 10.9. The first-order valence-corrected chi connectivity index (χ1v) is 6.50. The Kier molecular flexibility index (Phi) is 6.17.